The third-order valence-electron chi connectivity index (χ3n) is 4.50. The smallest absolute Gasteiger partial charge is 0.326 e. The first-order chi connectivity index (χ1) is 9.53. The van der Waals surface area contributed by atoms with Crippen LogP contribution in [0.25, 0.3) is 0 Å². The zero-order valence-electron chi connectivity index (χ0n) is 13.7. The molecule has 1 aliphatic heterocycles. The Morgan fingerprint density at radius 3 is 2.30 bits per heavy atom. The molecule has 1 heterocycles. The Bertz CT molecular complexity index is 288. The first-order valence-electron chi connectivity index (χ1n) is 8.13. The van der Waals surface area contributed by atoms with Gasteiger partial charge in [-0.15, -0.1) is 0 Å². The monoisotopic (exact) mass is 284 g/mol. The molecule has 4 heteroatoms. The average Bonchev–Trinajstić information content (AvgIpc) is 2.38. The molecular weight excluding hydrogens is 252 g/mol. The number of hydrogen-bond acceptors (Lipinski definition) is 4. The van der Waals surface area contributed by atoms with Gasteiger partial charge in [-0.05, 0) is 60.2 Å². The van der Waals surface area contributed by atoms with Crippen molar-refractivity contribution in [2.45, 2.75) is 70.9 Å². The molecule has 0 aromatic carbocycles. The molecule has 1 rings (SSSR count). The number of hydrogen-bond donors (Lipinski definition) is 1. The van der Waals surface area contributed by atoms with Gasteiger partial charge >= 0.3 is 5.97 Å². The van der Waals surface area contributed by atoms with E-state index in [-0.39, 0.29) is 5.97 Å². The molecule has 1 aliphatic rings. The summed E-state index contributed by atoms with van der Waals surface area (Å²) < 4.78 is 5.21. The zero-order chi connectivity index (χ0) is 15.0. The van der Waals surface area contributed by atoms with Gasteiger partial charge in [0.2, 0.25) is 0 Å². The third kappa shape index (κ3) is 5.06. The van der Waals surface area contributed by atoms with E-state index in [9.17, 15) is 4.79 Å². The van der Waals surface area contributed by atoms with E-state index < -0.39 is 5.54 Å². The molecule has 0 aromatic rings. The van der Waals surface area contributed by atoms with Crippen LogP contribution in [-0.4, -0.2) is 49.2 Å². The van der Waals surface area contributed by atoms with Crippen LogP contribution in [0.3, 0.4) is 0 Å². The Morgan fingerprint density at radius 2 is 1.80 bits per heavy atom. The van der Waals surface area contributed by atoms with Crippen molar-refractivity contribution >= 4 is 5.97 Å². The summed E-state index contributed by atoms with van der Waals surface area (Å²) in [6.45, 7) is 8.79. The van der Waals surface area contributed by atoms with Gasteiger partial charge in [-0.25, -0.2) is 0 Å². The van der Waals surface area contributed by atoms with Crippen LogP contribution in [0.1, 0.15) is 59.3 Å². The molecule has 0 spiro atoms. The van der Waals surface area contributed by atoms with Gasteiger partial charge in [0.05, 0.1) is 6.61 Å². The van der Waals surface area contributed by atoms with E-state index in [1.807, 2.05) is 20.9 Å². The minimum atomic E-state index is -0.586. The van der Waals surface area contributed by atoms with E-state index >= 15 is 0 Å². The lowest BCUT2D eigenvalue weighted by atomic mass is 9.92. The second kappa shape index (κ2) is 8.63. The van der Waals surface area contributed by atoms with Gasteiger partial charge in [-0.3, -0.25) is 4.79 Å². The number of esters is 1. The molecule has 1 fully saturated rings. The van der Waals surface area contributed by atoms with Crippen molar-refractivity contribution in [3.05, 3.63) is 0 Å². The van der Waals surface area contributed by atoms with Crippen LogP contribution in [0, 0.1) is 0 Å². The number of carbonyl (C=O) groups is 1. The van der Waals surface area contributed by atoms with Crippen LogP contribution < -0.4 is 5.32 Å². The maximum absolute atomic E-state index is 12.1. The zero-order valence-corrected chi connectivity index (χ0v) is 13.7. The molecule has 2 unspecified atom stereocenters. The Morgan fingerprint density at radius 1 is 1.25 bits per heavy atom. The van der Waals surface area contributed by atoms with Crippen LogP contribution in [0.2, 0.25) is 0 Å². The third-order valence-corrected chi connectivity index (χ3v) is 4.50. The molecule has 1 saturated heterocycles. The van der Waals surface area contributed by atoms with E-state index in [4.69, 9.17) is 4.74 Å². The Hall–Kier alpha value is -0.610. The van der Waals surface area contributed by atoms with Crippen LogP contribution in [-0.2, 0) is 9.53 Å². The van der Waals surface area contributed by atoms with Gasteiger partial charge in [0, 0.05) is 6.04 Å². The normalized spacial score (nSPS) is 22.4. The van der Waals surface area contributed by atoms with Crippen LogP contribution >= 0.6 is 0 Å². The standard InChI is InChI=1S/C16H32N2O2/c1-5-20-15(19)16(3,17-4)13-14(2)18-11-9-7-6-8-10-12-18/h14,17H,5-13H2,1-4H3. The Labute approximate surface area is 124 Å². The summed E-state index contributed by atoms with van der Waals surface area (Å²) in [5.41, 5.74) is -0.586. The molecule has 0 bridgehead atoms. The quantitative estimate of drug-likeness (QED) is 0.761. The minimum absolute atomic E-state index is 0.138. The fourth-order valence-corrected chi connectivity index (χ4v) is 3.01. The number of ether oxygens (including phenoxy) is 1. The number of likely N-dealkylation sites (N-methyl/N-ethyl adjacent to an activating group) is 1. The van der Waals surface area contributed by atoms with E-state index in [1.54, 1.807) is 0 Å². The van der Waals surface area contributed by atoms with Crippen molar-refractivity contribution in [3.8, 4) is 0 Å². The van der Waals surface area contributed by atoms with Crippen molar-refractivity contribution in [3.63, 3.8) is 0 Å². The highest BCUT2D eigenvalue weighted by atomic mass is 16.5. The second-order valence-electron chi connectivity index (χ2n) is 6.16. The SMILES string of the molecule is CCOC(=O)C(C)(CC(C)N1CCCCCCC1)NC. The maximum atomic E-state index is 12.1. The van der Waals surface area contributed by atoms with Gasteiger partial charge in [0.25, 0.3) is 0 Å². The molecule has 0 aliphatic carbocycles. The fourth-order valence-electron chi connectivity index (χ4n) is 3.01. The predicted octanol–water partition coefficient (Wildman–Crippen LogP) is 2.57. The molecule has 4 nitrogen and oxygen atoms in total. The highest BCUT2D eigenvalue weighted by Gasteiger charge is 2.35. The average molecular weight is 284 g/mol. The molecule has 118 valence electrons. The number of nitrogens with one attached hydrogen (secondary N) is 1. The molecule has 0 aromatic heterocycles. The number of rotatable bonds is 6. The maximum Gasteiger partial charge on any atom is 0.326 e. The van der Waals surface area contributed by atoms with Gasteiger partial charge in [0.1, 0.15) is 5.54 Å². The number of carbonyl (C=O) groups excluding carboxylic acids is 1. The summed E-state index contributed by atoms with van der Waals surface area (Å²) in [5, 5.41) is 3.16. The molecule has 1 N–H and O–H groups in total. The highest BCUT2D eigenvalue weighted by Crippen LogP contribution is 2.20. The first kappa shape index (κ1) is 17.4. The summed E-state index contributed by atoms with van der Waals surface area (Å²) in [6.07, 6.45) is 7.40. The van der Waals surface area contributed by atoms with Crippen molar-refractivity contribution in [1.29, 1.82) is 0 Å². The first-order valence-corrected chi connectivity index (χ1v) is 8.13. The van der Waals surface area contributed by atoms with Crippen LogP contribution in [0.5, 0.6) is 0 Å². The van der Waals surface area contributed by atoms with E-state index in [2.05, 4.69) is 17.1 Å². The highest BCUT2D eigenvalue weighted by molar-refractivity contribution is 5.80. The lowest BCUT2D eigenvalue weighted by Gasteiger charge is -2.36. The van der Waals surface area contributed by atoms with Gasteiger partial charge in [-0.1, -0.05) is 19.3 Å². The molecule has 0 radical (unpaired) electrons. The van der Waals surface area contributed by atoms with E-state index in [0.717, 1.165) is 19.5 Å². The number of likely N-dealkylation sites (tertiary alicyclic amines) is 1. The summed E-state index contributed by atoms with van der Waals surface area (Å²) in [6, 6.07) is 0.398. The fraction of sp³-hybridized carbons (Fsp3) is 0.938. The van der Waals surface area contributed by atoms with Crippen LogP contribution in [0.15, 0.2) is 0 Å². The summed E-state index contributed by atoms with van der Waals surface area (Å²) in [5.74, 6) is -0.138. The molecule has 0 saturated carbocycles. The molecule has 2 atom stereocenters. The number of nitrogens with zero attached hydrogens (tertiary/aromatic N) is 1. The summed E-state index contributed by atoms with van der Waals surface area (Å²) >= 11 is 0. The van der Waals surface area contributed by atoms with Gasteiger partial charge < -0.3 is 15.0 Å². The second-order valence-corrected chi connectivity index (χ2v) is 6.16. The Balaban J connectivity index is 2.60. The lowest BCUT2D eigenvalue weighted by Crippen LogP contribution is -2.53. The van der Waals surface area contributed by atoms with E-state index in [1.165, 1.54) is 32.1 Å². The molecule has 20 heavy (non-hydrogen) atoms. The van der Waals surface area contributed by atoms with Gasteiger partial charge in [0.15, 0.2) is 0 Å². The topological polar surface area (TPSA) is 41.6 Å². The Kier molecular flexibility index (Phi) is 7.52. The predicted molar refractivity (Wildman–Crippen MR) is 82.8 cm³/mol. The van der Waals surface area contributed by atoms with Crippen LogP contribution in [0.4, 0.5) is 0 Å². The summed E-state index contributed by atoms with van der Waals surface area (Å²) in [4.78, 5) is 14.7. The minimum Gasteiger partial charge on any atom is -0.465 e. The van der Waals surface area contributed by atoms with Crippen molar-refractivity contribution < 1.29 is 9.53 Å². The van der Waals surface area contributed by atoms with Gasteiger partial charge in [-0.2, -0.15) is 0 Å². The largest absolute Gasteiger partial charge is 0.465 e. The van der Waals surface area contributed by atoms with Crippen molar-refractivity contribution in [1.82, 2.24) is 10.2 Å². The lowest BCUT2D eigenvalue weighted by molar-refractivity contribution is -0.151. The van der Waals surface area contributed by atoms with Crippen molar-refractivity contribution in [2.75, 3.05) is 26.7 Å². The molecular formula is C16H32N2O2. The molecule has 0 amide bonds. The van der Waals surface area contributed by atoms with E-state index in [0.29, 0.717) is 12.6 Å². The summed E-state index contributed by atoms with van der Waals surface area (Å²) in [7, 11) is 1.84. The van der Waals surface area contributed by atoms with Crippen molar-refractivity contribution in [2.24, 2.45) is 0 Å².